The number of rotatable bonds is 6. The molecule has 3 rings (SSSR count). The number of aryl methyl sites for hydroxylation is 1. The van der Waals surface area contributed by atoms with E-state index in [-0.39, 0.29) is 9.38 Å². The van der Waals surface area contributed by atoms with Crippen LogP contribution in [0.15, 0.2) is 41.0 Å². The standard InChI is InChI=1S/C21H29N3O3S2Si/c1-14-12-22-19(23-13-14)18(27-30(6,7)21(3,4)5)15(2)29(25,26)20-24-16-10-8-9-11-17(16)28-20/h8-13,15,18H,1-7H3/t15-,18-/m0/s1. The molecule has 2 atom stereocenters. The van der Waals surface area contributed by atoms with Gasteiger partial charge in [0, 0.05) is 12.4 Å². The van der Waals surface area contributed by atoms with Crippen LogP contribution in [0.5, 0.6) is 0 Å². The minimum absolute atomic E-state index is 0.0880. The number of sulfone groups is 1. The molecule has 0 fully saturated rings. The molecule has 0 N–H and O–H groups in total. The van der Waals surface area contributed by atoms with Gasteiger partial charge < -0.3 is 4.43 Å². The summed E-state index contributed by atoms with van der Waals surface area (Å²) in [6.07, 6.45) is 2.62. The second-order valence-corrected chi connectivity index (χ2v) is 17.4. The van der Waals surface area contributed by atoms with Crippen LogP contribution >= 0.6 is 11.3 Å². The highest BCUT2D eigenvalue weighted by Gasteiger charge is 2.44. The zero-order valence-electron chi connectivity index (χ0n) is 18.5. The lowest BCUT2D eigenvalue weighted by Gasteiger charge is -2.40. The lowest BCUT2D eigenvalue weighted by Crippen LogP contribution is -2.45. The normalized spacial score (nSPS) is 15.3. The van der Waals surface area contributed by atoms with Crippen molar-refractivity contribution in [3.63, 3.8) is 0 Å². The van der Waals surface area contributed by atoms with Crippen LogP contribution in [-0.2, 0) is 14.3 Å². The average molecular weight is 464 g/mol. The maximum absolute atomic E-state index is 13.5. The number of nitrogens with zero attached hydrogens (tertiary/aromatic N) is 3. The molecule has 0 bridgehead atoms. The summed E-state index contributed by atoms with van der Waals surface area (Å²) in [5.41, 5.74) is 1.59. The van der Waals surface area contributed by atoms with Crippen LogP contribution in [0.4, 0.5) is 0 Å². The second kappa shape index (κ2) is 8.10. The van der Waals surface area contributed by atoms with Gasteiger partial charge >= 0.3 is 0 Å². The molecule has 0 aliphatic heterocycles. The first kappa shape index (κ1) is 23.0. The van der Waals surface area contributed by atoms with Gasteiger partial charge in [0.05, 0.1) is 15.5 Å². The van der Waals surface area contributed by atoms with E-state index >= 15 is 0 Å². The average Bonchev–Trinajstić information content (AvgIpc) is 3.10. The van der Waals surface area contributed by atoms with E-state index in [4.69, 9.17) is 4.43 Å². The summed E-state index contributed by atoms with van der Waals surface area (Å²) in [6.45, 7) is 14.1. The molecular weight excluding hydrogens is 434 g/mol. The van der Waals surface area contributed by atoms with Crippen molar-refractivity contribution in [2.24, 2.45) is 0 Å². The van der Waals surface area contributed by atoms with E-state index in [9.17, 15) is 8.42 Å². The van der Waals surface area contributed by atoms with Gasteiger partial charge in [0.25, 0.3) is 0 Å². The van der Waals surface area contributed by atoms with Crippen LogP contribution in [0.1, 0.15) is 45.2 Å². The monoisotopic (exact) mass is 463 g/mol. The molecule has 0 saturated carbocycles. The van der Waals surface area contributed by atoms with Crippen LogP contribution in [0.2, 0.25) is 18.1 Å². The Kier molecular flexibility index (Phi) is 6.21. The van der Waals surface area contributed by atoms with E-state index in [1.54, 1.807) is 19.3 Å². The Morgan fingerprint density at radius 3 is 2.27 bits per heavy atom. The van der Waals surface area contributed by atoms with Gasteiger partial charge in [0.1, 0.15) is 6.10 Å². The van der Waals surface area contributed by atoms with Crippen LogP contribution in [0, 0.1) is 6.92 Å². The quantitative estimate of drug-likeness (QED) is 0.460. The molecule has 0 aliphatic rings. The van der Waals surface area contributed by atoms with Crippen molar-refractivity contribution in [2.45, 2.75) is 68.4 Å². The zero-order valence-corrected chi connectivity index (χ0v) is 21.1. The summed E-state index contributed by atoms with van der Waals surface area (Å²) in [5, 5.41) is -0.968. The molecule has 2 heterocycles. The smallest absolute Gasteiger partial charge is 0.210 e. The molecule has 30 heavy (non-hydrogen) atoms. The van der Waals surface area contributed by atoms with E-state index in [2.05, 4.69) is 48.8 Å². The Morgan fingerprint density at radius 1 is 1.10 bits per heavy atom. The van der Waals surface area contributed by atoms with Gasteiger partial charge in [-0.15, -0.1) is 11.3 Å². The highest BCUT2D eigenvalue weighted by Crippen LogP contribution is 2.42. The van der Waals surface area contributed by atoms with Crippen molar-refractivity contribution >= 4 is 39.7 Å². The topological polar surface area (TPSA) is 82.0 Å². The molecule has 0 spiro atoms. The fraction of sp³-hybridized carbons (Fsp3) is 0.476. The Morgan fingerprint density at radius 2 is 1.70 bits per heavy atom. The molecule has 0 radical (unpaired) electrons. The summed E-state index contributed by atoms with van der Waals surface area (Å²) < 4.78 is 34.6. The molecule has 9 heteroatoms. The highest BCUT2D eigenvalue weighted by atomic mass is 32.2. The van der Waals surface area contributed by atoms with Crippen molar-refractivity contribution < 1.29 is 12.8 Å². The summed E-state index contributed by atoms with van der Waals surface area (Å²) in [5.74, 6) is 0.391. The molecular formula is C21H29N3O3S2Si. The largest absolute Gasteiger partial charge is 0.405 e. The molecule has 2 aromatic heterocycles. The lowest BCUT2D eigenvalue weighted by atomic mass is 10.2. The summed E-state index contributed by atoms with van der Waals surface area (Å²) in [7, 11) is -6.05. The van der Waals surface area contributed by atoms with Crippen LogP contribution in [-0.4, -0.2) is 36.9 Å². The zero-order chi connectivity index (χ0) is 22.3. The van der Waals surface area contributed by atoms with Gasteiger partial charge in [-0.1, -0.05) is 32.9 Å². The summed E-state index contributed by atoms with van der Waals surface area (Å²) >= 11 is 1.19. The molecule has 0 saturated heterocycles. The van der Waals surface area contributed by atoms with Gasteiger partial charge in [-0.2, -0.15) is 0 Å². The SMILES string of the molecule is Cc1cnc([C@@H](O[Si](C)(C)C(C)(C)C)[C@H](C)S(=O)(=O)c2nc3ccccc3s2)nc1. The van der Waals surface area contributed by atoms with E-state index in [1.165, 1.54) is 11.3 Å². The van der Waals surface area contributed by atoms with Gasteiger partial charge in [-0.05, 0) is 49.7 Å². The van der Waals surface area contributed by atoms with Crippen molar-refractivity contribution in [3.8, 4) is 0 Å². The summed E-state index contributed by atoms with van der Waals surface area (Å²) in [4.78, 5) is 13.2. The maximum atomic E-state index is 13.5. The van der Waals surface area contributed by atoms with Crippen LogP contribution in [0.25, 0.3) is 10.2 Å². The maximum Gasteiger partial charge on any atom is 0.210 e. The fourth-order valence-electron chi connectivity index (χ4n) is 2.70. The van der Waals surface area contributed by atoms with Crippen LogP contribution in [0.3, 0.4) is 0 Å². The first-order chi connectivity index (χ1) is 13.8. The molecule has 0 aliphatic carbocycles. The first-order valence-corrected chi connectivity index (χ1v) is 15.2. The van der Waals surface area contributed by atoms with Crippen molar-refractivity contribution in [2.75, 3.05) is 0 Å². The number of para-hydroxylation sites is 1. The van der Waals surface area contributed by atoms with Gasteiger partial charge in [0.15, 0.2) is 14.1 Å². The Labute approximate surface area is 183 Å². The second-order valence-electron chi connectivity index (χ2n) is 9.12. The number of hydrogen-bond donors (Lipinski definition) is 0. The third-order valence-corrected chi connectivity index (χ3v) is 13.8. The molecule has 162 valence electrons. The van der Waals surface area contributed by atoms with Gasteiger partial charge in [-0.25, -0.2) is 23.4 Å². The Hall–Kier alpha value is -1.68. The third kappa shape index (κ3) is 4.49. The number of thiazole rings is 1. The van der Waals surface area contributed by atoms with Gasteiger partial charge in [0.2, 0.25) is 14.2 Å². The van der Waals surface area contributed by atoms with E-state index in [0.29, 0.717) is 11.3 Å². The molecule has 1 aromatic carbocycles. The molecule has 0 amide bonds. The summed E-state index contributed by atoms with van der Waals surface area (Å²) in [6, 6.07) is 7.43. The Balaban J connectivity index is 2.06. The minimum atomic E-state index is -3.75. The van der Waals surface area contributed by atoms with E-state index in [0.717, 1.165) is 10.3 Å². The highest BCUT2D eigenvalue weighted by molar-refractivity contribution is 7.94. The lowest BCUT2D eigenvalue weighted by molar-refractivity contribution is 0.172. The number of aromatic nitrogens is 3. The van der Waals surface area contributed by atoms with Crippen molar-refractivity contribution in [3.05, 3.63) is 48.0 Å². The number of hydrogen-bond acceptors (Lipinski definition) is 7. The minimum Gasteiger partial charge on any atom is -0.405 e. The number of fused-ring (bicyclic) bond motifs is 1. The van der Waals surface area contributed by atoms with Crippen LogP contribution < -0.4 is 0 Å². The number of benzene rings is 1. The molecule has 3 aromatic rings. The molecule has 6 nitrogen and oxygen atoms in total. The van der Waals surface area contributed by atoms with Crippen molar-refractivity contribution in [1.29, 1.82) is 0 Å². The van der Waals surface area contributed by atoms with E-state index in [1.807, 2.05) is 31.2 Å². The fourth-order valence-corrected chi connectivity index (χ4v) is 7.03. The predicted molar refractivity (Wildman–Crippen MR) is 124 cm³/mol. The molecule has 0 unspecified atom stereocenters. The van der Waals surface area contributed by atoms with Gasteiger partial charge in [-0.3, -0.25) is 0 Å². The Bertz CT molecular complexity index is 1100. The third-order valence-electron chi connectivity index (χ3n) is 5.72. The van der Waals surface area contributed by atoms with E-state index < -0.39 is 29.5 Å². The predicted octanol–water partition coefficient (Wildman–Crippen LogP) is 5.32. The first-order valence-electron chi connectivity index (χ1n) is 9.89. The van der Waals surface area contributed by atoms with Crippen molar-refractivity contribution in [1.82, 2.24) is 15.0 Å².